The van der Waals surface area contributed by atoms with Crippen molar-refractivity contribution in [1.82, 2.24) is 5.32 Å². The summed E-state index contributed by atoms with van der Waals surface area (Å²) in [4.78, 5) is 0. The summed E-state index contributed by atoms with van der Waals surface area (Å²) in [5.74, 6) is -1.14. The second-order valence-corrected chi connectivity index (χ2v) is 4.79. The number of halogens is 3. The molecule has 2 aromatic carbocycles. The Balaban J connectivity index is 2.59. The molecule has 100 valence electrons. The van der Waals surface area contributed by atoms with Crippen LogP contribution in [0.3, 0.4) is 0 Å². The number of hydrogen-bond acceptors (Lipinski definition) is 1. The van der Waals surface area contributed by atoms with Gasteiger partial charge in [0.2, 0.25) is 0 Å². The molecular formula is C15H14ClF2N. The predicted octanol–water partition coefficient (Wildman–Crippen LogP) is 4.24. The zero-order chi connectivity index (χ0) is 14.0. The minimum atomic E-state index is -0.571. The summed E-state index contributed by atoms with van der Waals surface area (Å²) in [7, 11) is 1.66. The van der Waals surface area contributed by atoms with Gasteiger partial charge in [0.15, 0.2) is 0 Å². The maximum atomic E-state index is 13.9. The molecule has 1 N–H and O–H groups in total. The van der Waals surface area contributed by atoms with Crippen LogP contribution in [0.4, 0.5) is 8.78 Å². The van der Waals surface area contributed by atoms with Crippen LogP contribution in [0.2, 0.25) is 5.02 Å². The Kier molecular flexibility index (Phi) is 4.17. The fraction of sp³-hybridized carbons (Fsp3) is 0.200. The summed E-state index contributed by atoms with van der Waals surface area (Å²) in [6.45, 7) is 1.88. The third-order valence-corrected chi connectivity index (χ3v) is 3.36. The first-order valence-corrected chi connectivity index (χ1v) is 6.29. The van der Waals surface area contributed by atoms with Crippen molar-refractivity contribution in [3.8, 4) is 0 Å². The molecule has 0 amide bonds. The van der Waals surface area contributed by atoms with Gasteiger partial charge in [-0.05, 0) is 49.4 Å². The summed E-state index contributed by atoms with van der Waals surface area (Å²) >= 11 is 5.97. The van der Waals surface area contributed by atoms with Crippen molar-refractivity contribution in [3.05, 3.63) is 69.7 Å². The molecule has 0 heterocycles. The lowest BCUT2D eigenvalue weighted by molar-refractivity contribution is 0.521. The van der Waals surface area contributed by atoms with E-state index in [0.717, 1.165) is 11.1 Å². The smallest absolute Gasteiger partial charge is 0.131 e. The standard InChI is InChI=1S/C15H14ClF2N/c1-9-6-7-10(16)8-11(9)15(19-2)14-12(17)4-3-5-13(14)18/h3-8,15,19H,1-2H3. The molecule has 2 rings (SSSR count). The fourth-order valence-corrected chi connectivity index (χ4v) is 2.34. The lowest BCUT2D eigenvalue weighted by Crippen LogP contribution is -2.21. The first-order chi connectivity index (χ1) is 9.04. The first-order valence-electron chi connectivity index (χ1n) is 5.92. The zero-order valence-corrected chi connectivity index (χ0v) is 11.4. The Morgan fingerprint density at radius 3 is 2.32 bits per heavy atom. The SMILES string of the molecule is CNC(c1cc(Cl)ccc1C)c1c(F)cccc1F. The number of benzene rings is 2. The molecule has 2 aromatic rings. The number of aryl methyl sites for hydroxylation is 1. The van der Waals surface area contributed by atoms with Crippen molar-refractivity contribution in [1.29, 1.82) is 0 Å². The topological polar surface area (TPSA) is 12.0 Å². The summed E-state index contributed by atoms with van der Waals surface area (Å²) < 4.78 is 27.8. The Morgan fingerprint density at radius 2 is 1.74 bits per heavy atom. The van der Waals surface area contributed by atoms with E-state index in [2.05, 4.69) is 5.32 Å². The van der Waals surface area contributed by atoms with Gasteiger partial charge in [-0.3, -0.25) is 0 Å². The summed E-state index contributed by atoms with van der Waals surface area (Å²) in [6.07, 6.45) is 0. The Labute approximate surface area is 116 Å². The van der Waals surface area contributed by atoms with Gasteiger partial charge in [0.05, 0.1) is 6.04 Å². The van der Waals surface area contributed by atoms with E-state index in [1.807, 2.05) is 13.0 Å². The maximum absolute atomic E-state index is 13.9. The lowest BCUT2D eigenvalue weighted by Gasteiger charge is -2.20. The Morgan fingerprint density at radius 1 is 1.11 bits per heavy atom. The molecule has 1 unspecified atom stereocenters. The molecule has 4 heteroatoms. The van der Waals surface area contributed by atoms with Crippen LogP contribution in [0.25, 0.3) is 0 Å². The molecule has 1 nitrogen and oxygen atoms in total. The van der Waals surface area contributed by atoms with Crippen LogP contribution in [-0.4, -0.2) is 7.05 Å². The van der Waals surface area contributed by atoms with E-state index >= 15 is 0 Å². The fourth-order valence-electron chi connectivity index (χ4n) is 2.16. The van der Waals surface area contributed by atoms with E-state index in [-0.39, 0.29) is 5.56 Å². The Bertz CT molecular complexity index is 578. The van der Waals surface area contributed by atoms with Gasteiger partial charge in [-0.15, -0.1) is 0 Å². The highest BCUT2D eigenvalue weighted by atomic mass is 35.5. The van der Waals surface area contributed by atoms with Gasteiger partial charge < -0.3 is 5.32 Å². The van der Waals surface area contributed by atoms with Crippen LogP contribution >= 0.6 is 11.6 Å². The maximum Gasteiger partial charge on any atom is 0.131 e. The van der Waals surface area contributed by atoms with E-state index in [1.54, 1.807) is 19.2 Å². The third kappa shape index (κ3) is 2.77. The lowest BCUT2D eigenvalue weighted by atomic mass is 9.94. The molecule has 0 fully saturated rings. The average molecular weight is 282 g/mol. The van der Waals surface area contributed by atoms with Gasteiger partial charge in [0, 0.05) is 10.6 Å². The van der Waals surface area contributed by atoms with Gasteiger partial charge in [-0.25, -0.2) is 8.78 Å². The first kappa shape index (κ1) is 14.0. The van der Waals surface area contributed by atoms with Gasteiger partial charge in [0.25, 0.3) is 0 Å². The highest BCUT2D eigenvalue weighted by Gasteiger charge is 2.21. The van der Waals surface area contributed by atoms with Crippen molar-refractivity contribution in [2.75, 3.05) is 7.05 Å². The van der Waals surface area contributed by atoms with E-state index in [9.17, 15) is 8.78 Å². The quantitative estimate of drug-likeness (QED) is 0.887. The van der Waals surface area contributed by atoms with Crippen LogP contribution in [-0.2, 0) is 0 Å². The van der Waals surface area contributed by atoms with Crippen molar-refractivity contribution < 1.29 is 8.78 Å². The molecular weight excluding hydrogens is 268 g/mol. The van der Waals surface area contributed by atoms with Crippen molar-refractivity contribution in [2.45, 2.75) is 13.0 Å². The second kappa shape index (κ2) is 5.68. The van der Waals surface area contributed by atoms with E-state index in [4.69, 9.17) is 11.6 Å². The summed E-state index contributed by atoms with van der Waals surface area (Å²) in [5, 5.41) is 3.49. The Hall–Kier alpha value is -1.45. The highest BCUT2D eigenvalue weighted by molar-refractivity contribution is 6.30. The molecule has 0 aliphatic carbocycles. The van der Waals surface area contributed by atoms with Crippen molar-refractivity contribution in [3.63, 3.8) is 0 Å². The zero-order valence-electron chi connectivity index (χ0n) is 10.7. The molecule has 0 saturated heterocycles. The summed E-state index contributed by atoms with van der Waals surface area (Å²) in [5.41, 5.74) is 1.70. The van der Waals surface area contributed by atoms with Crippen molar-refractivity contribution in [2.24, 2.45) is 0 Å². The molecule has 0 radical (unpaired) electrons. The van der Waals surface area contributed by atoms with Crippen LogP contribution in [0.1, 0.15) is 22.7 Å². The summed E-state index contributed by atoms with van der Waals surface area (Å²) in [6, 6.07) is 8.60. The highest BCUT2D eigenvalue weighted by Crippen LogP contribution is 2.30. The van der Waals surface area contributed by atoms with Crippen LogP contribution < -0.4 is 5.32 Å². The third-order valence-electron chi connectivity index (χ3n) is 3.13. The van der Waals surface area contributed by atoms with Crippen LogP contribution in [0.15, 0.2) is 36.4 Å². The molecule has 0 saturated carbocycles. The molecule has 0 spiro atoms. The van der Waals surface area contributed by atoms with Gasteiger partial charge in [0.1, 0.15) is 11.6 Å². The normalized spacial score (nSPS) is 12.5. The molecule has 0 aromatic heterocycles. The molecule has 1 atom stereocenters. The largest absolute Gasteiger partial charge is 0.309 e. The van der Waals surface area contributed by atoms with Gasteiger partial charge >= 0.3 is 0 Å². The van der Waals surface area contributed by atoms with E-state index < -0.39 is 17.7 Å². The van der Waals surface area contributed by atoms with E-state index in [1.165, 1.54) is 18.2 Å². The monoisotopic (exact) mass is 281 g/mol. The minimum absolute atomic E-state index is 0.00960. The molecule has 0 aliphatic rings. The minimum Gasteiger partial charge on any atom is -0.309 e. The second-order valence-electron chi connectivity index (χ2n) is 4.36. The molecule has 0 bridgehead atoms. The van der Waals surface area contributed by atoms with Gasteiger partial charge in [-0.2, -0.15) is 0 Å². The predicted molar refractivity (Wildman–Crippen MR) is 73.4 cm³/mol. The van der Waals surface area contributed by atoms with Crippen LogP contribution in [0.5, 0.6) is 0 Å². The van der Waals surface area contributed by atoms with Crippen molar-refractivity contribution >= 4 is 11.6 Å². The number of hydrogen-bond donors (Lipinski definition) is 1. The van der Waals surface area contributed by atoms with Crippen LogP contribution in [0, 0.1) is 18.6 Å². The molecule has 0 aliphatic heterocycles. The molecule has 19 heavy (non-hydrogen) atoms. The number of rotatable bonds is 3. The van der Waals surface area contributed by atoms with Gasteiger partial charge in [-0.1, -0.05) is 23.7 Å². The van der Waals surface area contributed by atoms with E-state index in [0.29, 0.717) is 5.02 Å². The average Bonchev–Trinajstić information content (AvgIpc) is 2.37. The number of nitrogens with one attached hydrogen (secondary N) is 1.